The first kappa shape index (κ1) is 22.2. The number of halogens is 3. The summed E-state index contributed by atoms with van der Waals surface area (Å²) in [7, 11) is 3.21. The number of carbonyl (C=O) groups excluding carboxylic acids is 2. The van der Waals surface area contributed by atoms with Gasteiger partial charge >= 0.3 is 6.18 Å². The van der Waals surface area contributed by atoms with E-state index in [0.717, 1.165) is 29.9 Å². The largest absolute Gasteiger partial charge is 0.497 e. The van der Waals surface area contributed by atoms with E-state index >= 15 is 0 Å². The second-order valence-electron chi connectivity index (χ2n) is 8.36. The predicted octanol–water partition coefficient (Wildman–Crippen LogP) is 4.21. The Kier molecular flexibility index (Phi) is 5.88. The van der Waals surface area contributed by atoms with Gasteiger partial charge in [-0.2, -0.15) is 13.2 Å². The van der Waals surface area contributed by atoms with Crippen molar-refractivity contribution in [3.63, 3.8) is 0 Å². The van der Waals surface area contributed by atoms with Gasteiger partial charge in [-0.15, -0.1) is 0 Å². The Labute approximate surface area is 184 Å². The number of fused-ring (bicyclic) bond motifs is 1. The molecule has 2 aliphatic heterocycles. The topological polar surface area (TPSA) is 49.9 Å². The molecule has 2 amide bonds. The molecule has 0 spiro atoms. The van der Waals surface area contributed by atoms with E-state index in [9.17, 15) is 22.8 Å². The molecule has 2 heterocycles. The summed E-state index contributed by atoms with van der Waals surface area (Å²) in [5, 5.41) is 0. The number of piperidine rings is 1. The van der Waals surface area contributed by atoms with Gasteiger partial charge in [0.2, 0.25) is 11.8 Å². The van der Waals surface area contributed by atoms with E-state index in [2.05, 4.69) is 0 Å². The second-order valence-corrected chi connectivity index (χ2v) is 8.36. The van der Waals surface area contributed by atoms with E-state index in [4.69, 9.17) is 4.74 Å². The maximum atomic E-state index is 13.6. The van der Waals surface area contributed by atoms with Gasteiger partial charge in [-0.1, -0.05) is 18.2 Å². The predicted molar refractivity (Wildman–Crippen MR) is 112 cm³/mol. The Morgan fingerprint density at radius 1 is 1.06 bits per heavy atom. The van der Waals surface area contributed by atoms with Gasteiger partial charge in [-0.3, -0.25) is 9.59 Å². The molecule has 0 aromatic heterocycles. The fourth-order valence-corrected chi connectivity index (χ4v) is 4.71. The van der Waals surface area contributed by atoms with Gasteiger partial charge in [0, 0.05) is 26.6 Å². The highest BCUT2D eigenvalue weighted by Gasteiger charge is 2.41. The van der Waals surface area contributed by atoms with E-state index in [0.29, 0.717) is 25.1 Å². The lowest BCUT2D eigenvalue weighted by molar-refractivity contribution is -0.147. The Morgan fingerprint density at radius 3 is 2.44 bits per heavy atom. The minimum absolute atomic E-state index is 0.0808. The van der Waals surface area contributed by atoms with Crippen molar-refractivity contribution in [1.29, 1.82) is 0 Å². The zero-order valence-corrected chi connectivity index (χ0v) is 18.0. The van der Waals surface area contributed by atoms with Crippen LogP contribution in [0.5, 0.6) is 5.75 Å². The summed E-state index contributed by atoms with van der Waals surface area (Å²) in [6.45, 7) is 1.01. The molecule has 2 unspecified atom stereocenters. The molecule has 0 radical (unpaired) electrons. The smallest absolute Gasteiger partial charge is 0.416 e. The third kappa shape index (κ3) is 4.18. The lowest BCUT2D eigenvalue weighted by Gasteiger charge is -2.41. The van der Waals surface area contributed by atoms with Crippen LogP contribution < -0.4 is 4.74 Å². The molecule has 1 saturated heterocycles. The monoisotopic (exact) mass is 446 g/mol. The van der Waals surface area contributed by atoms with E-state index in [1.807, 2.05) is 18.2 Å². The van der Waals surface area contributed by atoms with Gasteiger partial charge in [0.05, 0.1) is 24.6 Å². The van der Waals surface area contributed by atoms with Gasteiger partial charge in [0.15, 0.2) is 0 Å². The molecule has 2 atom stereocenters. The number of nitrogens with zero attached hydrogens (tertiary/aromatic N) is 2. The molecule has 5 nitrogen and oxygen atoms in total. The van der Waals surface area contributed by atoms with Crippen molar-refractivity contribution >= 4 is 11.8 Å². The van der Waals surface area contributed by atoms with Gasteiger partial charge in [-0.25, -0.2) is 0 Å². The van der Waals surface area contributed by atoms with Crippen LogP contribution in [0.4, 0.5) is 13.2 Å². The van der Waals surface area contributed by atoms with E-state index < -0.39 is 23.7 Å². The minimum Gasteiger partial charge on any atom is -0.497 e. The average Bonchev–Trinajstić information content (AvgIpc) is 2.79. The molecule has 170 valence electrons. The Bertz CT molecular complexity index is 1020. The first-order valence-corrected chi connectivity index (χ1v) is 10.6. The Hall–Kier alpha value is -3.03. The van der Waals surface area contributed by atoms with Crippen LogP contribution in [-0.4, -0.2) is 42.3 Å². The average molecular weight is 446 g/mol. The first-order valence-electron chi connectivity index (χ1n) is 10.6. The number of likely N-dealkylation sites (tertiary alicyclic amines) is 1. The summed E-state index contributed by atoms with van der Waals surface area (Å²) >= 11 is 0. The summed E-state index contributed by atoms with van der Waals surface area (Å²) in [6, 6.07) is 10.0. The number of ether oxygens (including phenoxy) is 1. The van der Waals surface area contributed by atoms with Crippen LogP contribution in [0, 0.1) is 5.92 Å². The number of benzene rings is 2. The summed E-state index contributed by atoms with van der Waals surface area (Å²) in [4.78, 5) is 29.2. The van der Waals surface area contributed by atoms with Crippen LogP contribution in [0.25, 0.3) is 0 Å². The van der Waals surface area contributed by atoms with Crippen LogP contribution >= 0.6 is 0 Å². The standard InChI is InChI=1S/C24H25F3N2O3/c1-28-21(30)10-9-20(22(28)16-3-6-18(7-4-16)24(25,26)27)23(31)29-12-11-15-5-8-19(32-2)13-17(15)14-29/h3-8,13,20,22H,9-12,14H2,1-2H3. The SMILES string of the molecule is COc1ccc2c(c1)CN(C(=O)C1CCC(=O)N(C)C1c1ccc(C(F)(F)F)cc1)CC2. The van der Waals surface area contributed by atoms with Crippen molar-refractivity contribution in [2.24, 2.45) is 5.92 Å². The number of hydrogen-bond acceptors (Lipinski definition) is 3. The number of rotatable bonds is 3. The zero-order valence-electron chi connectivity index (χ0n) is 18.0. The van der Waals surface area contributed by atoms with E-state index in [1.54, 1.807) is 19.1 Å². The summed E-state index contributed by atoms with van der Waals surface area (Å²) in [5.41, 5.74) is 1.97. The molecule has 2 aromatic carbocycles. The molecular weight excluding hydrogens is 421 g/mol. The lowest BCUT2D eigenvalue weighted by Crippen LogP contribution is -2.48. The first-order chi connectivity index (χ1) is 15.2. The molecule has 0 N–H and O–H groups in total. The van der Waals surface area contributed by atoms with Crippen LogP contribution in [0.15, 0.2) is 42.5 Å². The second kappa shape index (κ2) is 8.48. The van der Waals surface area contributed by atoms with Crippen molar-refractivity contribution in [3.8, 4) is 5.75 Å². The van der Waals surface area contributed by atoms with Crippen molar-refractivity contribution in [3.05, 3.63) is 64.7 Å². The molecule has 4 rings (SSSR count). The van der Waals surface area contributed by atoms with Gasteiger partial charge in [-0.05, 0) is 53.8 Å². The van der Waals surface area contributed by atoms with Crippen molar-refractivity contribution < 1.29 is 27.5 Å². The maximum Gasteiger partial charge on any atom is 0.416 e. The van der Waals surface area contributed by atoms with Crippen molar-refractivity contribution in [2.75, 3.05) is 20.7 Å². The van der Waals surface area contributed by atoms with Crippen LogP contribution in [-0.2, 0) is 28.7 Å². The fraction of sp³-hybridized carbons (Fsp3) is 0.417. The number of carbonyl (C=O) groups is 2. The highest BCUT2D eigenvalue weighted by Crippen LogP contribution is 2.39. The number of hydrogen-bond donors (Lipinski definition) is 0. The minimum atomic E-state index is -4.44. The number of amides is 2. The van der Waals surface area contributed by atoms with E-state index in [-0.39, 0.29) is 18.2 Å². The highest BCUT2D eigenvalue weighted by atomic mass is 19.4. The van der Waals surface area contributed by atoms with Gasteiger partial charge in [0.1, 0.15) is 5.75 Å². The molecule has 2 aromatic rings. The Morgan fingerprint density at radius 2 is 1.78 bits per heavy atom. The van der Waals surface area contributed by atoms with Gasteiger partial charge < -0.3 is 14.5 Å². The summed E-state index contributed by atoms with van der Waals surface area (Å²) < 4.78 is 44.3. The Balaban J connectivity index is 1.60. The molecule has 32 heavy (non-hydrogen) atoms. The maximum absolute atomic E-state index is 13.6. The molecule has 0 aliphatic carbocycles. The molecule has 0 bridgehead atoms. The van der Waals surface area contributed by atoms with Crippen LogP contribution in [0.2, 0.25) is 0 Å². The summed E-state index contributed by atoms with van der Waals surface area (Å²) in [5.74, 6) is 0.0145. The number of methoxy groups -OCH3 is 1. The third-order valence-corrected chi connectivity index (χ3v) is 6.50. The fourth-order valence-electron chi connectivity index (χ4n) is 4.71. The normalized spacial score (nSPS) is 21.3. The van der Waals surface area contributed by atoms with E-state index in [1.165, 1.54) is 22.6 Å². The molecule has 0 saturated carbocycles. The van der Waals surface area contributed by atoms with Crippen LogP contribution in [0.3, 0.4) is 0 Å². The molecule has 2 aliphatic rings. The van der Waals surface area contributed by atoms with Crippen molar-refractivity contribution in [1.82, 2.24) is 9.80 Å². The highest BCUT2D eigenvalue weighted by molar-refractivity contribution is 5.85. The molecular formula is C24H25F3N2O3. The van der Waals surface area contributed by atoms with Gasteiger partial charge in [0.25, 0.3) is 0 Å². The van der Waals surface area contributed by atoms with Crippen molar-refractivity contribution in [2.45, 2.75) is 38.0 Å². The number of alkyl halides is 3. The lowest BCUT2D eigenvalue weighted by atomic mass is 9.83. The quantitative estimate of drug-likeness (QED) is 0.710. The zero-order chi connectivity index (χ0) is 23.0. The third-order valence-electron chi connectivity index (χ3n) is 6.50. The molecule has 1 fully saturated rings. The van der Waals surface area contributed by atoms with Crippen LogP contribution in [0.1, 0.15) is 41.1 Å². The summed E-state index contributed by atoms with van der Waals surface area (Å²) in [6.07, 6.45) is -3.11. The molecule has 8 heteroatoms.